The third-order valence-electron chi connectivity index (χ3n) is 3.07. The van der Waals surface area contributed by atoms with Gasteiger partial charge in [0.25, 0.3) is 5.91 Å². The highest BCUT2D eigenvalue weighted by Crippen LogP contribution is 2.06. The molecule has 0 aliphatic carbocycles. The summed E-state index contributed by atoms with van der Waals surface area (Å²) in [5, 5.41) is 0. The van der Waals surface area contributed by atoms with Crippen molar-refractivity contribution in [2.75, 3.05) is 45.3 Å². The maximum Gasteiger partial charge on any atom is 0.288 e. The molecular weight excluding hydrogens is 230 g/mol. The second kappa shape index (κ2) is 5.82. The summed E-state index contributed by atoms with van der Waals surface area (Å²) in [7, 11) is 4.00. The lowest BCUT2D eigenvalue weighted by molar-refractivity contribution is -0.685. The zero-order valence-corrected chi connectivity index (χ0v) is 11.0. The van der Waals surface area contributed by atoms with E-state index in [1.807, 2.05) is 53.0 Å². The van der Waals surface area contributed by atoms with Gasteiger partial charge in [0.05, 0.1) is 13.2 Å². The number of morpholine rings is 1. The Balaban J connectivity index is 1.94. The molecule has 1 fully saturated rings. The fourth-order valence-electron chi connectivity index (χ4n) is 1.92. The summed E-state index contributed by atoms with van der Waals surface area (Å²) < 4.78 is 7.14. The smallest absolute Gasteiger partial charge is 0.288 e. The molecule has 0 unspecified atom stereocenters. The maximum absolute atomic E-state index is 12.0. The van der Waals surface area contributed by atoms with Crippen molar-refractivity contribution in [1.29, 1.82) is 0 Å². The fourth-order valence-corrected chi connectivity index (χ4v) is 1.92. The first kappa shape index (κ1) is 12.8. The Morgan fingerprint density at radius 1 is 1.33 bits per heavy atom. The third kappa shape index (κ3) is 3.20. The van der Waals surface area contributed by atoms with Crippen LogP contribution < -0.4 is 9.47 Å². The minimum Gasteiger partial charge on any atom is -0.378 e. The molecule has 1 saturated heterocycles. The van der Waals surface area contributed by atoms with Crippen molar-refractivity contribution in [2.24, 2.45) is 0 Å². The molecule has 0 atom stereocenters. The van der Waals surface area contributed by atoms with E-state index in [1.54, 1.807) is 0 Å². The minimum atomic E-state index is 0.154. The Hall–Kier alpha value is -1.62. The highest BCUT2D eigenvalue weighted by Gasteiger charge is 2.20. The molecule has 0 saturated carbocycles. The van der Waals surface area contributed by atoms with Crippen molar-refractivity contribution >= 4 is 11.6 Å². The molecule has 1 amide bonds. The summed E-state index contributed by atoms with van der Waals surface area (Å²) >= 11 is 0. The molecule has 0 spiro atoms. The van der Waals surface area contributed by atoms with E-state index in [2.05, 4.69) is 0 Å². The Morgan fingerprint density at radius 2 is 1.94 bits per heavy atom. The number of nitrogens with zero attached hydrogens (tertiary/aromatic N) is 3. The van der Waals surface area contributed by atoms with E-state index in [1.165, 1.54) is 0 Å². The van der Waals surface area contributed by atoms with Crippen LogP contribution in [-0.4, -0.2) is 51.2 Å². The van der Waals surface area contributed by atoms with Crippen LogP contribution in [0, 0.1) is 0 Å². The van der Waals surface area contributed by atoms with Gasteiger partial charge < -0.3 is 14.5 Å². The number of hydrogen-bond acceptors (Lipinski definition) is 3. The number of rotatable bonds is 3. The van der Waals surface area contributed by atoms with Crippen LogP contribution >= 0.6 is 0 Å². The van der Waals surface area contributed by atoms with Crippen LogP contribution in [-0.2, 0) is 16.1 Å². The summed E-state index contributed by atoms with van der Waals surface area (Å²) in [4.78, 5) is 15.9. The van der Waals surface area contributed by atoms with Crippen LogP contribution in [0.4, 0.5) is 5.69 Å². The Morgan fingerprint density at radius 3 is 2.50 bits per heavy atom. The molecular formula is C13H20N3O2+. The standard InChI is InChI=1S/C13H20N3O2/c1-14(2)12-3-5-15(6-4-12)11-13(17)16-7-9-18-10-8-16/h3-6H,7-11H2,1-2H3/q+1. The van der Waals surface area contributed by atoms with Crippen molar-refractivity contribution < 1.29 is 14.1 Å². The van der Waals surface area contributed by atoms with Gasteiger partial charge in [0, 0.05) is 45.0 Å². The molecule has 1 aliphatic rings. The van der Waals surface area contributed by atoms with Crippen LogP contribution in [0.5, 0.6) is 0 Å². The van der Waals surface area contributed by atoms with Gasteiger partial charge in [-0.15, -0.1) is 0 Å². The van der Waals surface area contributed by atoms with E-state index in [0.29, 0.717) is 32.8 Å². The first-order valence-electron chi connectivity index (χ1n) is 6.19. The summed E-state index contributed by atoms with van der Waals surface area (Å²) in [6.45, 7) is 3.10. The average Bonchev–Trinajstić information content (AvgIpc) is 2.40. The molecule has 0 bridgehead atoms. The van der Waals surface area contributed by atoms with Crippen molar-refractivity contribution in [2.45, 2.75) is 6.54 Å². The largest absolute Gasteiger partial charge is 0.378 e. The molecule has 1 aromatic heterocycles. The number of carbonyl (C=O) groups excluding carboxylic acids is 1. The predicted octanol–water partition coefficient (Wildman–Crippen LogP) is -0.101. The molecule has 98 valence electrons. The van der Waals surface area contributed by atoms with E-state index in [-0.39, 0.29) is 5.91 Å². The van der Waals surface area contributed by atoms with Gasteiger partial charge >= 0.3 is 0 Å². The average molecular weight is 250 g/mol. The lowest BCUT2D eigenvalue weighted by Crippen LogP contribution is -2.48. The number of hydrogen-bond donors (Lipinski definition) is 0. The quantitative estimate of drug-likeness (QED) is 0.703. The lowest BCUT2D eigenvalue weighted by atomic mass is 10.3. The maximum atomic E-state index is 12.0. The highest BCUT2D eigenvalue weighted by atomic mass is 16.5. The van der Waals surface area contributed by atoms with Gasteiger partial charge in [-0.25, -0.2) is 0 Å². The van der Waals surface area contributed by atoms with Crippen LogP contribution in [0.25, 0.3) is 0 Å². The predicted molar refractivity (Wildman–Crippen MR) is 68.4 cm³/mol. The molecule has 5 nitrogen and oxygen atoms in total. The monoisotopic (exact) mass is 250 g/mol. The summed E-state index contributed by atoms with van der Waals surface area (Å²) in [6.07, 6.45) is 3.88. The summed E-state index contributed by atoms with van der Waals surface area (Å²) in [5.74, 6) is 0.154. The van der Waals surface area contributed by atoms with E-state index < -0.39 is 0 Å². The van der Waals surface area contributed by atoms with Gasteiger partial charge in [0.15, 0.2) is 12.4 Å². The zero-order chi connectivity index (χ0) is 13.0. The van der Waals surface area contributed by atoms with Crippen molar-refractivity contribution in [3.05, 3.63) is 24.5 Å². The van der Waals surface area contributed by atoms with E-state index >= 15 is 0 Å². The van der Waals surface area contributed by atoms with Crippen LogP contribution in [0.2, 0.25) is 0 Å². The normalized spacial score (nSPS) is 15.6. The highest BCUT2D eigenvalue weighted by molar-refractivity contribution is 5.74. The second-order valence-corrected chi connectivity index (χ2v) is 4.62. The number of pyridine rings is 1. The lowest BCUT2D eigenvalue weighted by Gasteiger charge is -2.25. The SMILES string of the molecule is CN(C)c1cc[n+](CC(=O)N2CCOCC2)cc1. The Bertz CT molecular complexity index is 397. The van der Waals surface area contributed by atoms with E-state index in [4.69, 9.17) is 4.74 Å². The molecule has 18 heavy (non-hydrogen) atoms. The molecule has 0 aromatic carbocycles. The Kier molecular flexibility index (Phi) is 4.15. The molecule has 2 rings (SSSR count). The van der Waals surface area contributed by atoms with E-state index in [0.717, 1.165) is 5.69 Å². The van der Waals surface area contributed by atoms with Crippen LogP contribution in [0.1, 0.15) is 0 Å². The van der Waals surface area contributed by atoms with Gasteiger partial charge in [-0.2, -0.15) is 4.57 Å². The number of anilines is 1. The summed E-state index contributed by atoms with van der Waals surface area (Å²) in [6, 6.07) is 4.01. The number of ether oxygens (including phenoxy) is 1. The topological polar surface area (TPSA) is 36.7 Å². The fraction of sp³-hybridized carbons (Fsp3) is 0.538. The van der Waals surface area contributed by atoms with Crippen LogP contribution in [0.3, 0.4) is 0 Å². The van der Waals surface area contributed by atoms with Crippen molar-refractivity contribution in [3.8, 4) is 0 Å². The summed E-state index contributed by atoms with van der Waals surface area (Å²) in [5.41, 5.74) is 1.13. The number of amides is 1. The molecule has 1 aliphatic heterocycles. The molecule has 5 heteroatoms. The third-order valence-corrected chi connectivity index (χ3v) is 3.07. The number of carbonyl (C=O) groups is 1. The van der Waals surface area contributed by atoms with Gasteiger partial charge in [0.2, 0.25) is 6.54 Å². The second-order valence-electron chi connectivity index (χ2n) is 4.62. The minimum absolute atomic E-state index is 0.154. The molecule has 0 radical (unpaired) electrons. The number of aromatic nitrogens is 1. The molecule has 0 N–H and O–H groups in total. The van der Waals surface area contributed by atoms with Gasteiger partial charge in [-0.05, 0) is 0 Å². The van der Waals surface area contributed by atoms with E-state index in [9.17, 15) is 4.79 Å². The van der Waals surface area contributed by atoms with Gasteiger partial charge in [-0.3, -0.25) is 4.79 Å². The zero-order valence-electron chi connectivity index (χ0n) is 11.0. The molecule has 1 aromatic rings. The molecule has 2 heterocycles. The van der Waals surface area contributed by atoms with Crippen molar-refractivity contribution in [3.63, 3.8) is 0 Å². The Labute approximate surface area is 108 Å². The van der Waals surface area contributed by atoms with Crippen molar-refractivity contribution in [1.82, 2.24) is 4.90 Å². The first-order valence-corrected chi connectivity index (χ1v) is 6.19. The first-order chi connectivity index (χ1) is 8.66. The van der Waals surface area contributed by atoms with Gasteiger partial charge in [0.1, 0.15) is 0 Å². The van der Waals surface area contributed by atoms with Gasteiger partial charge in [-0.1, -0.05) is 0 Å². The van der Waals surface area contributed by atoms with Crippen LogP contribution in [0.15, 0.2) is 24.5 Å².